The number of rotatable bonds is 4. The Morgan fingerprint density at radius 2 is 2.11 bits per heavy atom. The van der Waals surface area contributed by atoms with E-state index in [2.05, 4.69) is 15.3 Å². The van der Waals surface area contributed by atoms with Gasteiger partial charge in [0.05, 0.1) is 0 Å². The van der Waals surface area contributed by atoms with Crippen molar-refractivity contribution < 1.29 is 4.79 Å². The second-order valence-electron chi connectivity index (χ2n) is 3.88. The van der Waals surface area contributed by atoms with E-state index in [9.17, 15) is 4.79 Å². The number of carbonyl (C=O) groups is 1. The third-order valence-electron chi connectivity index (χ3n) is 2.55. The van der Waals surface area contributed by atoms with E-state index in [1.165, 1.54) is 12.4 Å². The van der Waals surface area contributed by atoms with Crippen molar-refractivity contribution in [3.05, 3.63) is 52.9 Å². The fraction of sp³-hybridized carbons (Fsp3) is 0.154. The Morgan fingerprint density at radius 3 is 2.84 bits per heavy atom. The van der Waals surface area contributed by atoms with Gasteiger partial charge >= 0.3 is 0 Å². The van der Waals surface area contributed by atoms with E-state index in [1.807, 2.05) is 18.2 Å². The number of hydrogen-bond donors (Lipinski definition) is 2. The Hall–Kier alpha value is -1.98. The molecule has 1 amide bonds. The molecule has 1 heterocycles. The minimum Gasteiger partial charge on any atom is -0.330 e. The van der Waals surface area contributed by atoms with Crippen molar-refractivity contribution in [2.45, 2.75) is 6.42 Å². The summed E-state index contributed by atoms with van der Waals surface area (Å²) in [5.41, 5.74) is 7.02. The Labute approximate surface area is 115 Å². The summed E-state index contributed by atoms with van der Waals surface area (Å²) in [4.78, 5) is 19.8. The molecule has 2 aromatic rings. The van der Waals surface area contributed by atoms with E-state index in [4.69, 9.17) is 17.3 Å². The van der Waals surface area contributed by atoms with Crippen LogP contribution in [0.25, 0.3) is 0 Å². The predicted octanol–water partition coefficient (Wildman–Crippen LogP) is 1.88. The number of amides is 1. The van der Waals surface area contributed by atoms with E-state index >= 15 is 0 Å². The van der Waals surface area contributed by atoms with Gasteiger partial charge in [0.1, 0.15) is 17.3 Å². The summed E-state index contributed by atoms with van der Waals surface area (Å²) in [6.45, 7) is 0.490. The number of nitrogens with one attached hydrogen (secondary N) is 1. The maximum Gasteiger partial charge on any atom is 0.257 e. The number of nitrogens with two attached hydrogens (primary N) is 1. The molecule has 0 saturated heterocycles. The fourth-order valence-electron chi connectivity index (χ4n) is 1.70. The molecular weight excluding hydrogens is 264 g/mol. The van der Waals surface area contributed by atoms with Crippen LogP contribution in [0.3, 0.4) is 0 Å². The lowest BCUT2D eigenvalue weighted by atomic mass is 10.0. The van der Waals surface area contributed by atoms with Gasteiger partial charge in [0.25, 0.3) is 5.91 Å². The van der Waals surface area contributed by atoms with Gasteiger partial charge in [-0.15, -0.1) is 0 Å². The monoisotopic (exact) mass is 276 g/mol. The van der Waals surface area contributed by atoms with Gasteiger partial charge < -0.3 is 11.1 Å². The lowest BCUT2D eigenvalue weighted by Gasteiger charge is -2.08. The normalized spacial score (nSPS) is 10.2. The average molecular weight is 277 g/mol. The summed E-state index contributed by atoms with van der Waals surface area (Å²) in [7, 11) is 0. The van der Waals surface area contributed by atoms with Crippen molar-refractivity contribution in [3.8, 4) is 0 Å². The molecule has 6 heteroatoms. The average Bonchev–Trinajstić information content (AvgIpc) is 2.39. The largest absolute Gasteiger partial charge is 0.330 e. The summed E-state index contributed by atoms with van der Waals surface area (Å²) in [6, 6.07) is 8.81. The van der Waals surface area contributed by atoms with Crippen LogP contribution in [0.5, 0.6) is 0 Å². The van der Waals surface area contributed by atoms with Crippen LogP contribution in [-0.2, 0) is 6.42 Å². The van der Waals surface area contributed by atoms with Gasteiger partial charge in [0, 0.05) is 11.6 Å². The van der Waals surface area contributed by atoms with Crippen molar-refractivity contribution in [1.82, 2.24) is 9.97 Å². The lowest BCUT2D eigenvalue weighted by molar-refractivity contribution is 0.102. The minimum atomic E-state index is -0.237. The standard InChI is InChI=1S/C13H13ClN4O/c14-11-7-12(17-8-16-11)18-13(19)10-4-2-1-3-9(10)5-6-15/h1-4,7-8H,5-6,15H2,(H,16,17,18,19). The molecule has 0 atom stereocenters. The molecule has 0 aliphatic heterocycles. The van der Waals surface area contributed by atoms with Gasteiger partial charge in [-0.25, -0.2) is 9.97 Å². The van der Waals surface area contributed by atoms with E-state index < -0.39 is 0 Å². The quantitative estimate of drug-likeness (QED) is 0.836. The van der Waals surface area contributed by atoms with Crippen LogP contribution in [0, 0.1) is 0 Å². The molecular formula is C13H13ClN4O. The summed E-state index contributed by atoms with van der Waals surface area (Å²) in [5.74, 6) is 0.131. The van der Waals surface area contributed by atoms with Crippen molar-refractivity contribution in [1.29, 1.82) is 0 Å². The number of anilines is 1. The first-order valence-corrected chi connectivity index (χ1v) is 6.15. The number of halogens is 1. The van der Waals surface area contributed by atoms with Crippen LogP contribution in [0.4, 0.5) is 5.82 Å². The Bertz CT molecular complexity index is 588. The maximum absolute atomic E-state index is 12.2. The van der Waals surface area contributed by atoms with E-state index in [-0.39, 0.29) is 11.1 Å². The van der Waals surface area contributed by atoms with Crippen LogP contribution < -0.4 is 11.1 Å². The molecule has 0 aliphatic carbocycles. The molecule has 98 valence electrons. The van der Waals surface area contributed by atoms with Gasteiger partial charge in [-0.2, -0.15) is 0 Å². The van der Waals surface area contributed by atoms with Crippen LogP contribution >= 0.6 is 11.6 Å². The number of aromatic nitrogens is 2. The van der Waals surface area contributed by atoms with Crippen molar-refractivity contribution in [2.75, 3.05) is 11.9 Å². The molecule has 0 fully saturated rings. The second kappa shape index (κ2) is 6.26. The highest BCUT2D eigenvalue weighted by Crippen LogP contribution is 2.13. The molecule has 0 aliphatic rings. The molecule has 0 bridgehead atoms. The third kappa shape index (κ3) is 3.49. The fourth-order valence-corrected chi connectivity index (χ4v) is 1.85. The van der Waals surface area contributed by atoms with Crippen LogP contribution in [0.15, 0.2) is 36.7 Å². The Balaban J connectivity index is 2.20. The molecule has 2 rings (SSSR count). The molecule has 1 aromatic carbocycles. The summed E-state index contributed by atoms with van der Waals surface area (Å²) >= 11 is 5.74. The lowest BCUT2D eigenvalue weighted by Crippen LogP contribution is -2.16. The van der Waals surface area contributed by atoms with E-state index in [1.54, 1.807) is 6.07 Å². The first-order chi connectivity index (χ1) is 9.20. The topological polar surface area (TPSA) is 80.9 Å². The molecule has 0 radical (unpaired) electrons. The van der Waals surface area contributed by atoms with Crippen LogP contribution in [-0.4, -0.2) is 22.4 Å². The van der Waals surface area contributed by atoms with Crippen molar-refractivity contribution in [3.63, 3.8) is 0 Å². The number of hydrogen-bond acceptors (Lipinski definition) is 4. The van der Waals surface area contributed by atoms with Crippen LogP contribution in [0.1, 0.15) is 15.9 Å². The first kappa shape index (κ1) is 13.5. The Morgan fingerprint density at radius 1 is 1.32 bits per heavy atom. The second-order valence-corrected chi connectivity index (χ2v) is 4.26. The SMILES string of the molecule is NCCc1ccccc1C(=O)Nc1cc(Cl)ncn1. The molecule has 3 N–H and O–H groups in total. The van der Waals surface area contributed by atoms with Gasteiger partial charge in [-0.3, -0.25) is 4.79 Å². The molecule has 1 aromatic heterocycles. The minimum absolute atomic E-state index is 0.237. The van der Waals surface area contributed by atoms with Gasteiger partial charge in [0.15, 0.2) is 0 Å². The van der Waals surface area contributed by atoms with E-state index in [0.29, 0.717) is 24.3 Å². The number of carbonyl (C=O) groups excluding carboxylic acids is 1. The highest BCUT2D eigenvalue weighted by atomic mass is 35.5. The first-order valence-electron chi connectivity index (χ1n) is 5.77. The molecule has 19 heavy (non-hydrogen) atoms. The maximum atomic E-state index is 12.2. The number of benzene rings is 1. The molecule has 5 nitrogen and oxygen atoms in total. The summed E-state index contributed by atoms with van der Waals surface area (Å²) in [5, 5.41) is 2.96. The smallest absolute Gasteiger partial charge is 0.257 e. The number of nitrogens with zero attached hydrogens (tertiary/aromatic N) is 2. The Kier molecular flexibility index (Phi) is 4.43. The highest BCUT2D eigenvalue weighted by Gasteiger charge is 2.11. The molecule has 0 unspecified atom stereocenters. The van der Waals surface area contributed by atoms with Gasteiger partial charge in [-0.1, -0.05) is 29.8 Å². The molecule has 0 saturated carbocycles. The zero-order valence-electron chi connectivity index (χ0n) is 10.1. The zero-order valence-corrected chi connectivity index (χ0v) is 10.9. The predicted molar refractivity (Wildman–Crippen MR) is 74.2 cm³/mol. The van der Waals surface area contributed by atoms with E-state index in [0.717, 1.165) is 5.56 Å². The highest BCUT2D eigenvalue weighted by molar-refractivity contribution is 6.29. The zero-order chi connectivity index (χ0) is 13.7. The van der Waals surface area contributed by atoms with Gasteiger partial charge in [0.2, 0.25) is 0 Å². The third-order valence-corrected chi connectivity index (χ3v) is 2.76. The van der Waals surface area contributed by atoms with Crippen LogP contribution in [0.2, 0.25) is 5.15 Å². The van der Waals surface area contributed by atoms with Crippen molar-refractivity contribution in [2.24, 2.45) is 5.73 Å². The molecule has 0 spiro atoms. The van der Waals surface area contributed by atoms with Gasteiger partial charge in [-0.05, 0) is 24.6 Å². The van der Waals surface area contributed by atoms with Crippen molar-refractivity contribution >= 4 is 23.3 Å². The summed E-state index contributed by atoms with van der Waals surface area (Å²) < 4.78 is 0. The summed E-state index contributed by atoms with van der Waals surface area (Å²) in [6.07, 6.45) is 1.94.